The zero-order chi connectivity index (χ0) is 18.8. The Bertz CT molecular complexity index is 916. The second-order valence-corrected chi connectivity index (χ2v) is 8.69. The van der Waals surface area contributed by atoms with Crippen LogP contribution < -0.4 is 4.90 Å². The van der Waals surface area contributed by atoms with E-state index in [2.05, 4.69) is 52.5 Å². The highest BCUT2D eigenvalue weighted by atomic mass is 32.1. The maximum absolute atomic E-state index is 13.1. The Labute approximate surface area is 168 Å². The number of aryl methyl sites for hydroxylation is 2. The van der Waals surface area contributed by atoms with Gasteiger partial charge in [-0.15, -0.1) is 11.3 Å². The number of carbonyl (C=O) groups is 1. The van der Waals surface area contributed by atoms with Gasteiger partial charge >= 0.3 is 0 Å². The number of nitrogens with zero attached hydrogens (tertiary/aromatic N) is 3. The second kappa shape index (κ2) is 7.82. The van der Waals surface area contributed by atoms with E-state index in [9.17, 15) is 4.79 Å². The summed E-state index contributed by atoms with van der Waals surface area (Å²) in [5.41, 5.74) is 4.45. The monoisotopic (exact) mass is 397 g/mol. The maximum atomic E-state index is 13.1. The van der Waals surface area contributed by atoms with Crippen LogP contribution in [0.5, 0.6) is 0 Å². The largest absolute Gasteiger partial charge is 0.370 e. The van der Waals surface area contributed by atoms with Crippen LogP contribution in [0, 0.1) is 13.8 Å². The van der Waals surface area contributed by atoms with Gasteiger partial charge in [0.2, 0.25) is 0 Å². The van der Waals surface area contributed by atoms with E-state index in [4.69, 9.17) is 0 Å². The van der Waals surface area contributed by atoms with Crippen LogP contribution >= 0.6 is 22.7 Å². The lowest BCUT2D eigenvalue weighted by Crippen LogP contribution is -2.35. The van der Waals surface area contributed by atoms with Crippen molar-refractivity contribution in [3.8, 4) is 10.6 Å². The predicted molar refractivity (Wildman–Crippen MR) is 114 cm³/mol. The van der Waals surface area contributed by atoms with E-state index in [1.54, 1.807) is 11.3 Å². The fraction of sp³-hybridized carbons (Fsp3) is 0.333. The molecule has 0 N–H and O–H groups in total. The molecular formula is C21H23N3OS2. The van der Waals surface area contributed by atoms with Gasteiger partial charge in [-0.25, -0.2) is 4.98 Å². The van der Waals surface area contributed by atoms with Crippen LogP contribution in [0.2, 0.25) is 0 Å². The minimum Gasteiger partial charge on any atom is -0.370 e. The summed E-state index contributed by atoms with van der Waals surface area (Å²) >= 11 is 3.17. The van der Waals surface area contributed by atoms with Crippen LogP contribution in [0.15, 0.2) is 41.1 Å². The number of amides is 1. The van der Waals surface area contributed by atoms with Gasteiger partial charge in [0.05, 0.1) is 5.69 Å². The molecule has 0 atom stereocenters. The van der Waals surface area contributed by atoms with Crippen molar-refractivity contribution < 1.29 is 4.79 Å². The minimum atomic E-state index is 0.122. The van der Waals surface area contributed by atoms with Crippen LogP contribution in [0.25, 0.3) is 10.6 Å². The molecule has 0 unspecified atom stereocenters. The lowest BCUT2D eigenvalue weighted by molar-refractivity contribution is 0.0771. The number of hydrogen-bond acceptors (Lipinski definition) is 5. The number of hydrogen-bond donors (Lipinski definition) is 0. The van der Waals surface area contributed by atoms with E-state index in [1.807, 2.05) is 17.2 Å². The number of thiazole rings is 1. The van der Waals surface area contributed by atoms with Crippen LogP contribution in [-0.4, -0.2) is 42.0 Å². The van der Waals surface area contributed by atoms with Crippen molar-refractivity contribution in [2.24, 2.45) is 0 Å². The Morgan fingerprint density at radius 3 is 2.59 bits per heavy atom. The van der Waals surface area contributed by atoms with Gasteiger partial charge in [-0.3, -0.25) is 4.79 Å². The van der Waals surface area contributed by atoms with E-state index < -0.39 is 0 Å². The molecule has 4 nitrogen and oxygen atoms in total. The molecule has 1 amide bonds. The third-order valence-electron chi connectivity index (χ3n) is 4.94. The summed E-state index contributed by atoms with van der Waals surface area (Å²) in [5.74, 6) is 0.122. The molecule has 2 aromatic heterocycles. The molecule has 27 heavy (non-hydrogen) atoms. The quantitative estimate of drug-likeness (QED) is 0.634. The zero-order valence-electron chi connectivity index (χ0n) is 15.6. The predicted octanol–water partition coefficient (Wildman–Crippen LogP) is 4.84. The molecule has 1 aromatic carbocycles. The van der Waals surface area contributed by atoms with Gasteiger partial charge in [0.15, 0.2) is 0 Å². The van der Waals surface area contributed by atoms with Crippen molar-refractivity contribution in [1.29, 1.82) is 0 Å². The Balaban J connectivity index is 1.48. The standard InChI is InChI=1S/C21H23N3OS2/c1-15-4-6-18(7-5-15)23-9-3-10-24(12-11-23)21(25)19-16(2)22-20(27-19)17-8-13-26-14-17/h4-8,13-14H,3,9-12H2,1-2H3. The molecule has 0 bridgehead atoms. The SMILES string of the molecule is Cc1ccc(N2CCCN(C(=O)c3sc(-c4ccsc4)nc3C)CC2)cc1. The number of aromatic nitrogens is 1. The van der Waals surface area contributed by atoms with E-state index in [-0.39, 0.29) is 5.91 Å². The van der Waals surface area contributed by atoms with Crippen molar-refractivity contribution in [1.82, 2.24) is 9.88 Å². The van der Waals surface area contributed by atoms with Crippen molar-refractivity contribution in [3.63, 3.8) is 0 Å². The topological polar surface area (TPSA) is 36.4 Å². The summed E-state index contributed by atoms with van der Waals surface area (Å²) in [7, 11) is 0. The van der Waals surface area contributed by atoms with Gasteiger partial charge in [0.25, 0.3) is 5.91 Å². The van der Waals surface area contributed by atoms with Crippen molar-refractivity contribution in [2.75, 3.05) is 31.1 Å². The summed E-state index contributed by atoms with van der Waals surface area (Å²) < 4.78 is 0. The fourth-order valence-corrected chi connectivity index (χ4v) is 5.13. The average Bonchev–Trinajstić information content (AvgIpc) is 3.26. The van der Waals surface area contributed by atoms with Gasteiger partial charge in [0, 0.05) is 42.8 Å². The molecule has 1 saturated heterocycles. The van der Waals surface area contributed by atoms with E-state index in [0.29, 0.717) is 0 Å². The van der Waals surface area contributed by atoms with Crippen LogP contribution in [0.1, 0.15) is 27.3 Å². The lowest BCUT2D eigenvalue weighted by Gasteiger charge is -2.23. The van der Waals surface area contributed by atoms with Gasteiger partial charge in [-0.05, 0) is 43.8 Å². The molecule has 0 saturated carbocycles. The molecule has 0 spiro atoms. The number of thiophene rings is 1. The molecule has 0 aliphatic carbocycles. The Morgan fingerprint density at radius 1 is 1.04 bits per heavy atom. The normalized spacial score (nSPS) is 15.0. The fourth-order valence-electron chi connectivity index (χ4n) is 3.38. The number of benzene rings is 1. The molecule has 140 valence electrons. The molecule has 6 heteroatoms. The Morgan fingerprint density at radius 2 is 1.85 bits per heavy atom. The summed E-state index contributed by atoms with van der Waals surface area (Å²) in [6.45, 7) is 7.44. The first-order valence-electron chi connectivity index (χ1n) is 9.23. The lowest BCUT2D eigenvalue weighted by atomic mass is 10.2. The first-order valence-corrected chi connectivity index (χ1v) is 11.0. The molecule has 4 rings (SSSR count). The maximum Gasteiger partial charge on any atom is 0.265 e. The van der Waals surface area contributed by atoms with Crippen LogP contribution in [-0.2, 0) is 0 Å². The molecule has 1 aliphatic rings. The highest BCUT2D eigenvalue weighted by Crippen LogP contribution is 2.30. The smallest absolute Gasteiger partial charge is 0.265 e. The van der Waals surface area contributed by atoms with Crippen LogP contribution in [0.3, 0.4) is 0 Å². The van der Waals surface area contributed by atoms with E-state index in [1.165, 1.54) is 22.6 Å². The number of carbonyl (C=O) groups excluding carboxylic acids is 1. The molecule has 0 radical (unpaired) electrons. The Kier molecular flexibility index (Phi) is 5.27. The zero-order valence-corrected chi connectivity index (χ0v) is 17.3. The highest BCUT2D eigenvalue weighted by molar-refractivity contribution is 7.17. The Hall–Kier alpha value is -2.18. The number of anilines is 1. The first-order chi connectivity index (χ1) is 13.1. The summed E-state index contributed by atoms with van der Waals surface area (Å²) in [6.07, 6.45) is 0.981. The minimum absolute atomic E-state index is 0.122. The number of rotatable bonds is 3. The van der Waals surface area contributed by atoms with Gasteiger partial charge in [0.1, 0.15) is 9.88 Å². The summed E-state index contributed by atoms with van der Waals surface area (Å²) in [5, 5.41) is 5.06. The van der Waals surface area contributed by atoms with Crippen molar-refractivity contribution in [2.45, 2.75) is 20.3 Å². The molecule has 3 heterocycles. The molecule has 1 aliphatic heterocycles. The third-order valence-corrected chi connectivity index (χ3v) is 6.82. The summed E-state index contributed by atoms with van der Waals surface area (Å²) in [6, 6.07) is 10.7. The molecule has 1 fully saturated rings. The highest BCUT2D eigenvalue weighted by Gasteiger charge is 2.24. The molecule has 3 aromatic rings. The van der Waals surface area contributed by atoms with Crippen molar-refractivity contribution in [3.05, 3.63) is 57.2 Å². The first kappa shape index (κ1) is 18.2. The third kappa shape index (κ3) is 3.92. The van der Waals surface area contributed by atoms with E-state index >= 15 is 0 Å². The molecular weight excluding hydrogens is 374 g/mol. The van der Waals surface area contributed by atoms with Crippen LogP contribution in [0.4, 0.5) is 5.69 Å². The second-order valence-electron chi connectivity index (χ2n) is 6.91. The van der Waals surface area contributed by atoms with E-state index in [0.717, 1.165) is 53.7 Å². The van der Waals surface area contributed by atoms with Crippen molar-refractivity contribution >= 4 is 34.3 Å². The summed E-state index contributed by atoms with van der Waals surface area (Å²) in [4.78, 5) is 22.9. The van der Waals surface area contributed by atoms with Gasteiger partial charge in [-0.2, -0.15) is 11.3 Å². The van der Waals surface area contributed by atoms with Gasteiger partial charge < -0.3 is 9.80 Å². The average molecular weight is 398 g/mol. The van der Waals surface area contributed by atoms with Gasteiger partial charge in [-0.1, -0.05) is 17.7 Å².